The first-order chi connectivity index (χ1) is 16.6. The fourth-order valence-electron chi connectivity index (χ4n) is 11.2. The second-order valence-electron chi connectivity index (χ2n) is 15.1. The zero-order valence-electron chi connectivity index (χ0n) is 24.1. The normalized spacial score (nSPS) is 51.5. The van der Waals surface area contributed by atoms with Gasteiger partial charge in [-0.2, -0.15) is 0 Å². The molecule has 0 heterocycles. The summed E-state index contributed by atoms with van der Waals surface area (Å²) in [6, 6.07) is 0. The van der Waals surface area contributed by atoms with Gasteiger partial charge in [-0.3, -0.25) is 9.59 Å². The third-order valence-electron chi connectivity index (χ3n) is 13.7. The molecule has 4 saturated carbocycles. The summed E-state index contributed by atoms with van der Waals surface area (Å²) in [7, 11) is 0. The van der Waals surface area contributed by atoms with Crippen molar-refractivity contribution in [1.82, 2.24) is 0 Å². The Kier molecular flexibility index (Phi) is 5.91. The quantitative estimate of drug-likeness (QED) is 0.313. The van der Waals surface area contributed by atoms with Crippen molar-refractivity contribution in [2.75, 3.05) is 0 Å². The van der Waals surface area contributed by atoms with E-state index < -0.39 is 11.4 Å². The summed E-state index contributed by atoms with van der Waals surface area (Å²) in [5.41, 5.74) is 1.30. The first-order valence-electron chi connectivity index (χ1n) is 14.8. The van der Waals surface area contributed by atoms with Gasteiger partial charge in [0.2, 0.25) is 0 Å². The number of ether oxygens (including phenoxy) is 1. The van der Waals surface area contributed by atoms with Crippen molar-refractivity contribution < 1.29 is 19.4 Å². The largest absolute Gasteiger partial charge is 0.481 e. The molecule has 4 fully saturated rings. The smallest absolute Gasteiger partial charge is 0.310 e. The van der Waals surface area contributed by atoms with E-state index in [4.69, 9.17) is 4.74 Å². The number of allylic oxidation sites excluding steroid dienone is 2. The molecule has 202 valence electrons. The molecule has 4 heteroatoms. The van der Waals surface area contributed by atoms with Gasteiger partial charge in [0, 0.05) is 12.3 Å². The van der Waals surface area contributed by atoms with Crippen LogP contribution in [0.4, 0.5) is 0 Å². The van der Waals surface area contributed by atoms with Crippen LogP contribution in [0.2, 0.25) is 0 Å². The van der Waals surface area contributed by atoms with Crippen LogP contribution in [0.25, 0.3) is 0 Å². The Hall–Kier alpha value is -1.32. The summed E-state index contributed by atoms with van der Waals surface area (Å²) < 4.78 is 5.88. The van der Waals surface area contributed by atoms with E-state index in [1.54, 1.807) is 6.92 Å². The van der Waals surface area contributed by atoms with Gasteiger partial charge in [-0.15, -0.1) is 0 Å². The Bertz CT molecular complexity index is 981. The van der Waals surface area contributed by atoms with Crippen molar-refractivity contribution >= 4 is 11.9 Å². The predicted octanol–water partition coefficient (Wildman–Crippen LogP) is 7.66. The molecule has 36 heavy (non-hydrogen) atoms. The van der Waals surface area contributed by atoms with E-state index >= 15 is 0 Å². The molecule has 5 rings (SSSR count). The van der Waals surface area contributed by atoms with Gasteiger partial charge in [0.15, 0.2) is 0 Å². The van der Waals surface area contributed by atoms with E-state index in [1.165, 1.54) is 12.0 Å². The van der Waals surface area contributed by atoms with Gasteiger partial charge >= 0.3 is 11.9 Å². The van der Waals surface area contributed by atoms with Gasteiger partial charge in [-0.1, -0.05) is 60.1 Å². The molecule has 5 aliphatic rings. The second-order valence-corrected chi connectivity index (χ2v) is 15.1. The van der Waals surface area contributed by atoms with Gasteiger partial charge < -0.3 is 9.84 Å². The molecule has 0 amide bonds. The lowest BCUT2D eigenvalue weighted by molar-refractivity contribution is -0.214. The van der Waals surface area contributed by atoms with Crippen LogP contribution < -0.4 is 0 Å². The average Bonchev–Trinajstić information content (AvgIpc) is 2.78. The predicted molar refractivity (Wildman–Crippen MR) is 142 cm³/mol. The second kappa shape index (κ2) is 8.09. The van der Waals surface area contributed by atoms with Crippen molar-refractivity contribution in [3.05, 3.63) is 11.6 Å². The molecule has 0 aliphatic heterocycles. The number of hydrogen-bond donors (Lipinski definition) is 1. The zero-order chi connectivity index (χ0) is 26.5. The van der Waals surface area contributed by atoms with Crippen molar-refractivity contribution in [1.29, 1.82) is 0 Å². The van der Waals surface area contributed by atoms with Gasteiger partial charge in [-0.25, -0.2) is 0 Å². The van der Waals surface area contributed by atoms with E-state index in [-0.39, 0.29) is 39.7 Å². The number of fused-ring (bicyclic) bond motifs is 7. The number of carboxylic acid groups (broad SMARTS) is 1. The Morgan fingerprint density at radius 3 is 2.25 bits per heavy atom. The highest BCUT2D eigenvalue weighted by molar-refractivity contribution is 5.76. The van der Waals surface area contributed by atoms with Crippen molar-refractivity contribution in [3.63, 3.8) is 0 Å². The maximum Gasteiger partial charge on any atom is 0.310 e. The molecule has 0 aromatic rings. The monoisotopic (exact) mass is 498 g/mol. The lowest BCUT2D eigenvalue weighted by Crippen LogP contribution is -2.65. The van der Waals surface area contributed by atoms with E-state index in [0.29, 0.717) is 23.7 Å². The van der Waals surface area contributed by atoms with Crippen LogP contribution >= 0.6 is 0 Å². The summed E-state index contributed by atoms with van der Waals surface area (Å²) in [4.78, 5) is 24.7. The molecule has 10 atom stereocenters. The van der Waals surface area contributed by atoms with Gasteiger partial charge in [0.05, 0.1) is 5.41 Å². The highest BCUT2D eigenvalue weighted by Gasteiger charge is 2.69. The zero-order valence-corrected chi connectivity index (χ0v) is 24.1. The molecular weight excluding hydrogens is 448 g/mol. The Morgan fingerprint density at radius 1 is 0.917 bits per heavy atom. The third kappa shape index (κ3) is 3.17. The molecule has 1 unspecified atom stereocenters. The fourth-order valence-corrected chi connectivity index (χ4v) is 11.2. The van der Waals surface area contributed by atoms with Crippen molar-refractivity contribution in [2.45, 2.75) is 119 Å². The Balaban J connectivity index is 1.56. The molecule has 4 nitrogen and oxygen atoms in total. The lowest BCUT2D eigenvalue weighted by atomic mass is 9.33. The minimum Gasteiger partial charge on any atom is -0.481 e. The van der Waals surface area contributed by atoms with Crippen LogP contribution in [0.3, 0.4) is 0 Å². The van der Waals surface area contributed by atoms with Gasteiger partial charge in [0.1, 0.15) is 6.10 Å². The molecule has 0 saturated heterocycles. The summed E-state index contributed by atoms with van der Waals surface area (Å²) >= 11 is 0. The number of esters is 1. The number of aliphatic carboxylic acids is 1. The SMILES string of the molecule is CC(=O)O[C@H]1CC[C@]2(C)[C@H]3CC=C4C5[C@@H](C)[C@H](C)CC[C@]5(C(=O)O)CC[C@@]4(C)[C@]3(C)CC[C@H]2C1(C)C. The summed E-state index contributed by atoms with van der Waals surface area (Å²) in [5.74, 6) is 1.53. The van der Waals surface area contributed by atoms with Crippen LogP contribution in [0.5, 0.6) is 0 Å². The van der Waals surface area contributed by atoms with Crippen molar-refractivity contribution in [2.24, 2.45) is 56.7 Å². The Morgan fingerprint density at radius 2 is 1.61 bits per heavy atom. The van der Waals surface area contributed by atoms with Gasteiger partial charge in [-0.05, 0) is 104 Å². The summed E-state index contributed by atoms with van der Waals surface area (Å²) in [6.45, 7) is 18.5. The Labute approximate surface area is 219 Å². The van der Waals surface area contributed by atoms with Crippen LogP contribution in [0.1, 0.15) is 113 Å². The highest BCUT2D eigenvalue weighted by atomic mass is 16.5. The molecule has 0 aromatic carbocycles. The highest BCUT2D eigenvalue weighted by Crippen LogP contribution is 2.75. The van der Waals surface area contributed by atoms with Crippen LogP contribution in [-0.4, -0.2) is 23.1 Å². The number of carboxylic acids is 1. The average molecular weight is 499 g/mol. The van der Waals surface area contributed by atoms with E-state index in [2.05, 4.69) is 54.5 Å². The van der Waals surface area contributed by atoms with Crippen molar-refractivity contribution in [3.8, 4) is 0 Å². The number of rotatable bonds is 2. The summed E-state index contributed by atoms with van der Waals surface area (Å²) in [5, 5.41) is 10.6. The molecule has 0 spiro atoms. The molecule has 1 N–H and O–H groups in total. The molecular formula is C32H50O4. The van der Waals surface area contributed by atoms with Crippen LogP contribution in [-0.2, 0) is 14.3 Å². The van der Waals surface area contributed by atoms with E-state index in [0.717, 1.165) is 51.4 Å². The standard InChI is InChI=1S/C32H50O4/c1-19-11-16-32(27(34)35)18-17-30(7)22(26(32)20(19)2)9-10-24-29(6)14-13-25(36-21(3)33)28(4,5)23(29)12-15-31(24,30)8/h9,19-20,23-26H,10-18H2,1-8H3,(H,34,35)/t19-,20+,23+,24-,25+,26?,29+,30-,31-,32+/m1/s1. The molecule has 0 aromatic heterocycles. The molecule has 0 radical (unpaired) electrons. The molecule has 0 bridgehead atoms. The first kappa shape index (κ1) is 26.3. The van der Waals surface area contributed by atoms with E-state index in [1.807, 2.05) is 0 Å². The van der Waals surface area contributed by atoms with Crippen LogP contribution in [0, 0.1) is 56.7 Å². The first-order valence-corrected chi connectivity index (χ1v) is 14.8. The molecule has 5 aliphatic carbocycles. The number of carbonyl (C=O) groups is 2. The van der Waals surface area contributed by atoms with Crippen LogP contribution in [0.15, 0.2) is 11.6 Å². The maximum absolute atomic E-state index is 12.9. The van der Waals surface area contributed by atoms with Gasteiger partial charge in [0.25, 0.3) is 0 Å². The number of hydrogen-bond acceptors (Lipinski definition) is 3. The maximum atomic E-state index is 12.9. The third-order valence-corrected chi connectivity index (χ3v) is 13.7. The fraction of sp³-hybridized carbons (Fsp3) is 0.875. The summed E-state index contributed by atoms with van der Waals surface area (Å²) in [6.07, 6.45) is 11.7. The van der Waals surface area contributed by atoms with E-state index in [9.17, 15) is 14.7 Å². The topological polar surface area (TPSA) is 63.6 Å². The minimum absolute atomic E-state index is 0.00171. The lowest BCUT2D eigenvalue weighted by Gasteiger charge is -2.71. The number of carbonyl (C=O) groups excluding carboxylic acids is 1. The minimum atomic E-state index is -0.578.